The summed E-state index contributed by atoms with van der Waals surface area (Å²) in [7, 11) is -0.632. The molecule has 1 unspecified atom stereocenters. The molecule has 0 aliphatic heterocycles. The normalized spacial score (nSPS) is 12.6. The maximum absolute atomic E-state index is 13.2. The summed E-state index contributed by atoms with van der Waals surface area (Å²) >= 11 is 0. The third kappa shape index (κ3) is 4.94. The van der Waals surface area contributed by atoms with Gasteiger partial charge in [0.25, 0.3) is 0 Å². The van der Waals surface area contributed by atoms with E-state index in [2.05, 4.69) is 10.0 Å². The number of sulfonamides is 1. The standard InChI is InChI=1S/C11H17FN2O3S.ClH/c1-8(13-2)7-14-18(15,16)9-4-5-10(12)11(6-9)17-3;/h4-6,8,13-14H,7H2,1-3H3;1H. The zero-order valence-electron chi connectivity index (χ0n) is 10.9. The van der Waals surface area contributed by atoms with E-state index in [9.17, 15) is 12.8 Å². The lowest BCUT2D eigenvalue weighted by molar-refractivity contribution is 0.385. The minimum absolute atomic E-state index is 0. The maximum Gasteiger partial charge on any atom is 0.240 e. The fourth-order valence-corrected chi connectivity index (χ4v) is 2.37. The van der Waals surface area contributed by atoms with Crippen molar-refractivity contribution in [2.75, 3.05) is 20.7 Å². The lowest BCUT2D eigenvalue weighted by Gasteiger charge is -2.12. The van der Waals surface area contributed by atoms with E-state index in [0.29, 0.717) is 0 Å². The molecule has 0 amide bonds. The predicted molar refractivity (Wildman–Crippen MR) is 73.9 cm³/mol. The molecule has 0 fully saturated rings. The monoisotopic (exact) mass is 312 g/mol. The SMILES string of the molecule is CNC(C)CNS(=O)(=O)c1ccc(F)c(OC)c1.Cl. The number of benzene rings is 1. The van der Waals surface area contributed by atoms with Crippen LogP contribution in [0.4, 0.5) is 4.39 Å². The Hall–Kier alpha value is -0.890. The first-order valence-electron chi connectivity index (χ1n) is 5.41. The first-order chi connectivity index (χ1) is 8.40. The molecule has 0 heterocycles. The molecule has 0 radical (unpaired) electrons. The van der Waals surface area contributed by atoms with Gasteiger partial charge in [-0.25, -0.2) is 17.5 Å². The van der Waals surface area contributed by atoms with Crippen LogP contribution in [-0.4, -0.2) is 35.2 Å². The Kier molecular flexibility index (Phi) is 7.28. The Morgan fingerprint density at radius 3 is 2.58 bits per heavy atom. The third-order valence-electron chi connectivity index (χ3n) is 2.51. The van der Waals surface area contributed by atoms with Crippen LogP contribution in [0.2, 0.25) is 0 Å². The maximum atomic E-state index is 13.2. The number of halogens is 2. The second-order valence-corrected chi connectivity index (χ2v) is 5.60. The molecule has 0 spiro atoms. The molecule has 2 N–H and O–H groups in total. The number of hydrogen-bond acceptors (Lipinski definition) is 4. The second kappa shape index (κ2) is 7.64. The number of rotatable bonds is 6. The zero-order valence-corrected chi connectivity index (χ0v) is 12.6. The molecule has 0 aliphatic carbocycles. The molecule has 0 bridgehead atoms. The Morgan fingerprint density at radius 1 is 1.42 bits per heavy atom. The van der Waals surface area contributed by atoms with Gasteiger partial charge in [-0.2, -0.15) is 0 Å². The lowest BCUT2D eigenvalue weighted by Crippen LogP contribution is -2.37. The summed E-state index contributed by atoms with van der Waals surface area (Å²) in [6.07, 6.45) is 0. The number of methoxy groups -OCH3 is 1. The van der Waals surface area contributed by atoms with Gasteiger partial charge < -0.3 is 10.1 Å². The Morgan fingerprint density at radius 2 is 2.05 bits per heavy atom. The molecule has 19 heavy (non-hydrogen) atoms. The quantitative estimate of drug-likeness (QED) is 0.827. The molecular weight excluding hydrogens is 295 g/mol. The summed E-state index contributed by atoms with van der Waals surface area (Å²) in [6, 6.07) is 3.42. The van der Waals surface area contributed by atoms with Crippen LogP contribution in [0.3, 0.4) is 0 Å². The highest BCUT2D eigenvalue weighted by Crippen LogP contribution is 2.21. The minimum Gasteiger partial charge on any atom is -0.494 e. The minimum atomic E-state index is -3.65. The van der Waals surface area contributed by atoms with Crippen molar-refractivity contribution in [2.24, 2.45) is 0 Å². The van der Waals surface area contributed by atoms with E-state index in [0.717, 1.165) is 12.1 Å². The molecule has 1 aromatic rings. The van der Waals surface area contributed by atoms with Gasteiger partial charge in [-0.05, 0) is 26.1 Å². The van der Waals surface area contributed by atoms with Crippen molar-refractivity contribution < 1.29 is 17.5 Å². The average molecular weight is 313 g/mol. The van der Waals surface area contributed by atoms with Crippen molar-refractivity contribution in [3.8, 4) is 5.75 Å². The van der Waals surface area contributed by atoms with Gasteiger partial charge in [-0.3, -0.25) is 0 Å². The van der Waals surface area contributed by atoms with Gasteiger partial charge in [0, 0.05) is 18.7 Å². The Balaban J connectivity index is 0.00000324. The highest BCUT2D eigenvalue weighted by molar-refractivity contribution is 7.89. The van der Waals surface area contributed by atoms with Gasteiger partial charge in [0.15, 0.2) is 11.6 Å². The topological polar surface area (TPSA) is 67.4 Å². The van der Waals surface area contributed by atoms with E-state index in [1.165, 1.54) is 13.2 Å². The van der Waals surface area contributed by atoms with Crippen LogP contribution in [0, 0.1) is 5.82 Å². The average Bonchev–Trinajstić information content (AvgIpc) is 2.36. The third-order valence-corrected chi connectivity index (χ3v) is 3.93. The molecule has 1 aromatic carbocycles. The van der Waals surface area contributed by atoms with E-state index in [1.807, 2.05) is 6.92 Å². The fraction of sp³-hybridized carbons (Fsp3) is 0.455. The summed E-state index contributed by atoms with van der Waals surface area (Å²) in [5, 5.41) is 2.91. The Bertz CT molecular complexity index is 511. The highest BCUT2D eigenvalue weighted by atomic mass is 35.5. The van der Waals surface area contributed by atoms with Gasteiger partial charge in [-0.1, -0.05) is 0 Å². The van der Waals surface area contributed by atoms with Crippen LogP contribution >= 0.6 is 12.4 Å². The summed E-state index contributed by atoms with van der Waals surface area (Å²) < 4.78 is 44.2. The predicted octanol–water partition coefficient (Wildman–Crippen LogP) is 1.14. The zero-order chi connectivity index (χ0) is 13.8. The van der Waals surface area contributed by atoms with E-state index in [1.54, 1.807) is 7.05 Å². The Labute approximate surface area is 119 Å². The molecule has 5 nitrogen and oxygen atoms in total. The molecule has 0 aliphatic rings. The van der Waals surface area contributed by atoms with Crippen LogP contribution < -0.4 is 14.8 Å². The van der Waals surface area contributed by atoms with Crippen molar-refractivity contribution in [1.29, 1.82) is 0 Å². The van der Waals surface area contributed by atoms with E-state index < -0.39 is 15.8 Å². The molecule has 1 rings (SSSR count). The molecule has 110 valence electrons. The van der Waals surface area contributed by atoms with Gasteiger partial charge in [0.1, 0.15) is 0 Å². The summed E-state index contributed by atoms with van der Waals surface area (Å²) in [5.41, 5.74) is 0. The van der Waals surface area contributed by atoms with E-state index >= 15 is 0 Å². The number of hydrogen-bond donors (Lipinski definition) is 2. The number of ether oxygens (including phenoxy) is 1. The van der Waals surface area contributed by atoms with E-state index in [-0.39, 0.29) is 35.6 Å². The van der Waals surface area contributed by atoms with Crippen LogP contribution in [0.25, 0.3) is 0 Å². The number of nitrogens with one attached hydrogen (secondary N) is 2. The second-order valence-electron chi connectivity index (χ2n) is 3.84. The van der Waals surface area contributed by atoms with Gasteiger partial charge in [0.05, 0.1) is 12.0 Å². The van der Waals surface area contributed by atoms with Crippen LogP contribution in [0.5, 0.6) is 5.75 Å². The highest BCUT2D eigenvalue weighted by Gasteiger charge is 2.17. The van der Waals surface area contributed by atoms with Crippen LogP contribution in [0.1, 0.15) is 6.92 Å². The lowest BCUT2D eigenvalue weighted by atomic mass is 10.3. The van der Waals surface area contributed by atoms with Crippen molar-refractivity contribution in [1.82, 2.24) is 10.0 Å². The van der Waals surface area contributed by atoms with Gasteiger partial charge >= 0.3 is 0 Å². The largest absolute Gasteiger partial charge is 0.494 e. The summed E-state index contributed by atoms with van der Waals surface area (Å²) in [4.78, 5) is -0.0240. The number of likely N-dealkylation sites (N-methyl/N-ethyl adjacent to an activating group) is 1. The first-order valence-corrected chi connectivity index (χ1v) is 6.89. The van der Waals surface area contributed by atoms with Gasteiger partial charge in [-0.15, -0.1) is 12.4 Å². The molecule has 8 heteroatoms. The van der Waals surface area contributed by atoms with E-state index in [4.69, 9.17) is 4.74 Å². The van der Waals surface area contributed by atoms with Crippen molar-refractivity contribution in [3.05, 3.63) is 24.0 Å². The molecule has 1 atom stereocenters. The van der Waals surface area contributed by atoms with Crippen molar-refractivity contribution in [3.63, 3.8) is 0 Å². The van der Waals surface area contributed by atoms with Crippen LogP contribution in [-0.2, 0) is 10.0 Å². The van der Waals surface area contributed by atoms with Crippen molar-refractivity contribution in [2.45, 2.75) is 17.9 Å². The van der Waals surface area contributed by atoms with Crippen molar-refractivity contribution >= 4 is 22.4 Å². The van der Waals surface area contributed by atoms with Gasteiger partial charge in [0.2, 0.25) is 10.0 Å². The molecule has 0 saturated heterocycles. The van der Waals surface area contributed by atoms with Crippen LogP contribution in [0.15, 0.2) is 23.1 Å². The smallest absolute Gasteiger partial charge is 0.240 e. The molecule has 0 saturated carbocycles. The fourth-order valence-electron chi connectivity index (χ4n) is 1.23. The molecular formula is C11H18ClFN2O3S. The first kappa shape index (κ1) is 18.1. The molecule has 0 aromatic heterocycles. The summed E-state index contributed by atoms with van der Waals surface area (Å²) in [5.74, 6) is -0.695. The summed E-state index contributed by atoms with van der Waals surface area (Å²) in [6.45, 7) is 2.09.